The highest BCUT2D eigenvalue weighted by Gasteiger charge is 2.28. The zero-order valence-electron chi connectivity index (χ0n) is 11.7. The van der Waals surface area contributed by atoms with E-state index in [1.54, 1.807) is 0 Å². The Morgan fingerprint density at radius 1 is 0.895 bits per heavy atom. The molecule has 2 fully saturated rings. The van der Waals surface area contributed by atoms with Crippen LogP contribution in [-0.4, -0.2) is 31.4 Å². The van der Waals surface area contributed by atoms with Crippen LogP contribution < -0.4 is 4.72 Å². The Labute approximate surface area is 117 Å². The van der Waals surface area contributed by atoms with Gasteiger partial charge in [0.2, 0.25) is 10.0 Å². The zero-order chi connectivity index (χ0) is 13.7. The normalized spacial score (nSPS) is 31.0. The largest absolute Gasteiger partial charge is 0.391 e. The molecule has 0 bridgehead atoms. The number of aliphatic hydroxyl groups is 1. The maximum atomic E-state index is 12.2. The Balaban J connectivity index is 1.87. The van der Waals surface area contributed by atoms with Gasteiger partial charge in [-0.1, -0.05) is 38.5 Å². The Morgan fingerprint density at radius 3 is 2.16 bits per heavy atom. The van der Waals surface area contributed by atoms with Crippen LogP contribution in [0.2, 0.25) is 0 Å². The van der Waals surface area contributed by atoms with Gasteiger partial charge >= 0.3 is 0 Å². The van der Waals surface area contributed by atoms with Gasteiger partial charge in [0.05, 0.1) is 11.9 Å². The van der Waals surface area contributed by atoms with Crippen molar-refractivity contribution < 1.29 is 13.5 Å². The molecule has 0 aromatic heterocycles. The molecule has 19 heavy (non-hydrogen) atoms. The summed E-state index contributed by atoms with van der Waals surface area (Å²) < 4.78 is 27.2. The Hall–Kier alpha value is -0.130. The average molecular weight is 289 g/mol. The fraction of sp³-hybridized carbons (Fsp3) is 1.00. The summed E-state index contributed by atoms with van der Waals surface area (Å²) in [4.78, 5) is 0. The number of sulfonamides is 1. The quantitative estimate of drug-likeness (QED) is 0.780. The van der Waals surface area contributed by atoms with Crippen LogP contribution >= 0.6 is 0 Å². The predicted molar refractivity (Wildman–Crippen MR) is 76.4 cm³/mol. The Kier molecular flexibility index (Phi) is 5.66. The van der Waals surface area contributed by atoms with Crippen molar-refractivity contribution in [2.24, 2.45) is 5.92 Å². The summed E-state index contributed by atoms with van der Waals surface area (Å²) in [6, 6.07) is -0.268. The maximum Gasteiger partial charge on any atom is 0.212 e. The standard InChI is InChI=1S/C14H27NO3S/c16-14-10-6-2-5-9-13(14)15-19(17,18)11-12-7-3-1-4-8-12/h12-16H,1-11H2. The van der Waals surface area contributed by atoms with Crippen LogP contribution in [-0.2, 0) is 10.0 Å². The first-order valence-electron chi connectivity index (χ1n) is 7.75. The van der Waals surface area contributed by atoms with E-state index in [0.717, 1.165) is 57.8 Å². The predicted octanol–water partition coefficient (Wildman–Crippen LogP) is 2.18. The van der Waals surface area contributed by atoms with Crippen molar-refractivity contribution in [3.05, 3.63) is 0 Å². The van der Waals surface area contributed by atoms with Crippen molar-refractivity contribution in [2.75, 3.05) is 5.75 Å². The van der Waals surface area contributed by atoms with Gasteiger partial charge < -0.3 is 5.11 Å². The SMILES string of the molecule is O=S(=O)(CC1CCCCC1)NC1CCCCCC1O. The molecule has 0 aliphatic heterocycles. The van der Waals surface area contributed by atoms with Gasteiger partial charge in [0.1, 0.15) is 0 Å². The molecule has 0 spiro atoms. The zero-order valence-corrected chi connectivity index (χ0v) is 12.5. The first-order chi connectivity index (χ1) is 9.07. The molecule has 5 heteroatoms. The van der Waals surface area contributed by atoms with Crippen LogP contribution in [0.4, 0.5) is 0 Å². The summed E-state index contributed by atoms with van der Waals surface area (Å²) in [5, 5.41) is 9.99. The molecular formula is C14H27NO3S. The molecule has 2 saturated carbocycles. The minimum atomic E-state index is -3.24. The molecule has 2 N–H and O–H groups in total. The van der Waals surface area contributed by atoms with Crippen molar-refractivity contribution in [2.45, 2.75) is 76.4 Å². The molecule has 2 rings (SSSR count). The molecule has 2 aliphatic rings. The lowest BCUT2D eigenvalue weighted by molar-refractivity contribution is 0.130. The molecular weight excluding hydrogens is 262 g/mol. The third kappa shape index (κ3) is 5.04. The van der Waals surface area contributed by atoms with E-state index < -0.39 is 16.1 Å². The second kappa shape index (κ2) is 7.04. The lowest BCUT2D eigenvalue weighted by atomic mass is 9.91. The van der Waals surface area contributed by atoms with Crippen LogP contribution in [0.1, 0.15) is 64.2 Å². The molecule has 0 amide bonds. The molecule has 0 radical (unpaired) electrons. The summed E-state index contributed by atoms with van der Waals surface area (Å²) in [6.07, 6.45) is 9.71. The number of rotatable bonds is 4. The second-order valence-electron chi connectivity index (χ2n) is 6.22. The van der Waals surface area contributed by atoms with Crippen molar-refractivity contribution in [1.82, 2.24) is 4.72 Å². The summed E-state index contributed by atoms with van der Waals surface area (Å²) in [6.45, 7) is 0. The van der Waals surface area contributed by atoms with Gasteiger partial charge in [0.15, 0.2) is 0 Å². The number of aliphatic hydroxyl groups excluding tert-OH is 1. The van der Waals surface area contributed by atoms with Gasteiger partial charge in [-0.05, 0) is 31.6 Å². The molecule has 2 aliphatic carbocycles. The van der Waals surface area contributed by atoms with Crippen LogP contribution in [0.15, 0.2) is 0 Å². The van der Waals surface area contributed by atoms with E-state index in [0.29, 0.717) is 5.92 Å². The molecule has 2 unspecified atom stereocenters. The minimum Gasteiger partial charge on any atom is -0.391 e. The van der Waals surface area contributed by atoms with Crippen molar-refractivity contribution in [3.63, 3.8) is 0 Å². The molecule has 0 heterocycles. The van der Waals surface area contributed by atoms with E-state index in [1.807, 2.05) is 0 Å². The highest BCUT2D eigenvalue weighted by molar-refractivity contribution is 7.89. The van der Waals surface area contributed by atoms with Crippen LogP contribution in [0.3, 0.4) is 0 Å². The van der Waals surface area contributed by atoms with Gasteiger partial charge in [0.25, 0.3) is 0 Å². The van der Waals surface area contributed by atoms with Crippen LogP contribution in [0, 0.1) is 5.92 Å². The summed E-state index contributed by atoms with van der Waals surface area (Å²) in [5.74, 6) is 0.560. The average Bonchev–Trinajstić information content (AvgIpc) is 2.55. The van der Waals surface area contributed by atoms with Gasteiger partial charge in [-0.15, -0.1) is 0 Å². The minimum absolute atomic E-state index is 0.246. The third-order valence-corrected chi connectivity index (χ3v) is 6.06. The summed E-state index contributed by atoms with van der Waals surface area (Å²) in [5.41, 5.74) is 0. The van der Waals surface area contributed by atoms with Gasteiger partial charge in [-0.2, -0.15) is 0 Å². The van der Waals surface area contributed by atoms with Crippen LogP contribution in [0.5, 0.6) is 0 Å². The Morgan fingerprint density at radius 2 is 1.47 bits per heavy atom. The van der Waals surface area contributed by atoms with E-state index in [4.69, 9.17) is 0 Å². The fourth-order valence-electron chi connectivity index (χ4n) is 3.37. The van der Waals surface area contributed by atoms with E-state index in [1.165, 1.54) is 6.42 Å². The van der Waals surface area contributed by atoms with E-state index in [-0.39, 0.29) is 11.8 Å². The van der Waals surface area contributed by atoms with E-state index in [2.05, 4.69) is 4.72 Å². The van der Waals surface area contributed by atoms with Crippen molar-refractivity contribution >= 4 is 10.0 Å². The topological polar surface area (TPSA) is 66.4 Å². The molecule has 112 valence electrons. The van der Waals surface area contributed by atoms with Gasteiger partial charge in [-0.3, -0.25) is 0 Å². The monoisotopic (exact) mass is 289 g/mol. The lowest BCUT2D eigenvalue weighted by Crippen LogP contribution is -2.44. The van der Waals surface area contributed by atoms with Crippen molar-refractivity contribution in [1.29, 1.82) is 0 Å². The molecule has 0 aromatic rings. The smallest absolute Gasteiger partial charge is 0.212 e. The second-order valence-corrected chi connectivity index (χ2v) is 8.01. The van der Waals surface area contributed by atoms with Gasteiger partial charge in [-0.25, -0.2) is 13.1 Å². The summed E-state index contributed by atoms with van der Waals surface area (Å²) >= 11 is 0. The molecule has 4 nitrogen and oxygen atoms in total. The molecule has 2 atom stereocenters. The first-order valence-corrected chi connectivity index (χ1v) is 9.40. The molecule has 0 saturated heterocycles. The summed E-state index contributed by atoms with van der Waals surface area (Å²) in [7, 11) is -3.24. The number of hydrogen-bond donors (Lipinski definition) is 2. The van der Waals surface area contributed by atoms with E-state index >= 15 is 0 Å². The van der Waals surface area contributed by atoms with E-state index in [9.17, 15) is 13.5 Å². The van der Waals surface area contributed by atoms with Gasteiger partial charge in [0, 0.05) is 6.04 Å². The number of nitrogens with one attached hydrogen (secondary N) is 1. The van der Waals surface area contributed by atoms with Crippen LogP contribution in [0.25, 0.3) is 0 Å². The van der Waals surface area contributed by atoms with Crippen molar-refractivity contribution in [3.8, 4) is 0 Å². The highest BCUT2D eigenvalue weighted by Crippen LogP contribution is 2.25. The highest BCUT2D eigenvalue weighted by atomic mass is 32.2. The third-order valence-electron chi connectivity index (χ3n) is 4.49. The Bertz CT molecular complexity index is 363. The lowest BCUT2D eigenvalue weighted by Gasteiger charge is -2.25. The molecule has 0 aromatic carbocycles. The fourth-order valence-corrected chi connectivity index (χ4v) is 5.15. The number of hydrogen-bond acceptors (Lipinski definition) is 3. The maximum absolute atomic E-state index is 12.2. The first kappa shape index (κ1) is 15.3.